The van der Waals surface area contributed by atoms with Crippen LogP contribution in [-0.2, 0) is 18.3 Å². The summed E-state index contributed by atoms with van der Waals surface area (Å²) in [5.74, 6) is 0. The van der Waals surface area contributed by atoms with Crippen LogP contribution in [0.1, 0.15) is 31.5 Å². The lowest BCUT2D eigenvalue weighted by Crippen LogP contribution is -2.47. The molecule has 2 unspecified atom stereocenters. The molecule has 17 heavy (non-hydrogen) atoms. The van der Waals surface area contributed by atoms with Gasteiger partial charge in [-0.05, 0) is 31.9 Å². The molecule has 0 radical (unpaired) electrons. The SMILES string of the molecule is CC1OCCC1(C)NCc1cc(C#N)n(C)c1. The van der Waals surface area contributed by atoms with Crippen LogP contribution in [0.25, 0.3) is 0 Å². The van der Waals surface area contributed by atoms with Crippen molar-refractivity contribution < 1.29 is 4.74 Å². The Hall–Kier alpha value is -1.31. The van der Waals surface area contributed by atoms with Crippen LogP contribution in [0.3, 0.4) is 0 Å². The Morgan fingerprint density at radius 3 is 3.00 bits per heavy atom. The van der Waals surface area contributed by atoms with E-state index in [2.05, 4.69) is 25.2 Å². The molecule has 2 rings (SSSR count). The van der Waals surface area contributed by atoms with Crippen molar-refractivity contribution in [1.29, 1.82) is 5.26 Å². The fourth-order valence-corrected chi connectivity index (χ4v) is 2.21. The normalized spacial score (nSPS) is 28.2. The molecular formula is C13H19N3O. The molecular weight excluding hydrogens is 214 g/mol. The summed E-state index contributed by atoms with van der Waals surface area (Å²) in [6, 6.07) is 4.10. The van der Waals surface area contributed by atoms with E-state index >= 15 is 0 Å². The highest BCUT2D eigenvalue weighted by molar-refractivity contribution is 5.28. The zero-order valence-corrected chi connectivity index (χ0v) is 10.7. The number of hydrogen-bond donors (Lipinski definition) is 1. The number of hydrogen-bond acceptors (Lipinski definition) is 3. The molecule has 0 amide bonds. The molecule has 1 aliphatic rings. The van der Waals surface area contributed by atoms with Crippen molar-refractivity contribution in [3.63, 3.8) is 0 Å². The van der Waals surface area contributed by atoms with Gasteiger partial charge < -0.3 is 14.6 Å². The van der Waals surface area contributed by atoms with Crippen molar-refractivity contribution in [3.8, 4) is 6.07 Å². The molecule has 1 aromatic rings. The van der Waals surface area contributed by atoms with Crippen LogP contribution < -0.4 is 5.32 Å². The van der Waals surface area contributed by atoms with Crippen molar-refractivity contribution in [1.82, 2.24) is 9.88 Å². The lowest BCUT2D eigenvalue weighted by Gasteiger charge is -2.28. The van der Waals surface area contributed by atoms with Gasteiger partial charge in [-0.25, -0.2) is 0 Å². The number of ether oxygens (including phenoxy) is 1. The summed E-state index contributed by atoms with van der Waals surface area (Å²) in [6.07, 6.45) is 3.27. The molecule has 92 valence electrons. The van der Waals surface area contributed by atoms with Gasteiger partial charge in [0.15, 0.2) is 0 Å². The van der Waals surface area contributed by atoms with Crippen molar-refractivity contribution in [2.24, 2.45) is 7.05 Å². The third-order valence-corrected chi connectivity index (χ3v) is 3.76. The minimum Gasteiger partial charge on any atom is -0.377 e. The quantitative estimate of drug-likeness (QED) is 0.861. The maximum atomic E-state index is 8.89. The molecule has 1 aromatic heterocycles. The van der Waals surface area contributed by atoms with Gasteiger partial charge in [-0.15, -0.1) is 0 Å². The van der Waals surface area contributed by atoms with Crippen LogP contribution in [-0.4, -0.2) is 22.8 Å². The molecule has 0 saturated carbocycles. The van der Waals surface area contributed by atoms with Gasteiger partial charge in [0.25, 0.3) is 0 Å². The number of rotatable bonds is 3. The van der Waals surface area contributed by atoms with Gasteiger partial charge in [0, 0.05) is 31.9 Å². The third-order valence-electron chi connectivity index (χ3n) is 3.76. The number of nitrogens with zero attached hydrogens (tertiary/aromatic N) is 2. The molecule has 0 aliphatic carbocycles. The van der Waals surface area contributed by atoms with E-state index in [-0.39, 0.29) is 11.6 Å². The monoisotopic (exact) mass is 233 g/mol. The fraction of sp³-hybridized carbons (Fsp3) is 0.615. The van der Waals surface area contributed by atoms with Gasteiger partial charge in [-0.2, -0.15) is 5.26 Å². The van der Waals surface area contributed by atoms with Crippen LogP contribution in [0.2, 0.25) is 0 Å². The van der Waals surface area contributed by atoms with Gasteiger partial charge in [-0.3, -0.25) is 0 Å². The molecule has 2 atom stereocenters. The molecule has 4 nitrogen and oxygen atoms in total. The van der Waals surface area contributed by atoms with E-state index in [1.165, 1.54) is 0 Å². The Labute approximate surface area is 102 Å². The van der Waals surface area contributed by atoms with Gasteiger partial charge in [0.2, 0.25) is 0 Å². The van der Waals surface area contributed by atoms with E-state index in [1.807, 2.05) is 23.9 Å². The molecule has 1 aliphatic heterocycles. The molecule has 1 fully saturated rings. The summed E-state index contributed by atoms with van der Waals surface area (Å²) in [5.41, 5.74) is 1.88. The second-order valence-corrected chi connectivity index (χ2v) is 4.99. The van der Waals surface area contributed by atoms with Gasteiger partial charge in [-0.1, -0.05) is 0 Å². The van der Waals surface area contributed by atoms with E-state index in [9.17, 15) is 0 Å². The largest absolute Gasteiger partial charge is 0.377 e. The first-order valence-electron chi connectivity index (χ1n) is 5.97. The highest BCUT2D eigenvalue weighted by Gasteiger charge is 2.36. The Morgan fingerprint density at radius 1 is 1.71 bits per heavy atom. The summed E-state index contributed by atoms with van der Waals surface area (Å²) in [6.45, 7) is 5.90. The Morgan fingerprint density at radius 2 is 2.47 bits per heavy atom. The first-order chi connectivity index (χ1) is 8.05. The first kappa shape index (κ1) is 12.2. The Kier molecular flexibility index (Phi) is 3.23. The highest BCUT2D eigenvalue weighted by atomic mass is 16.5. The van der Waals surface area contributed by atoms with Crippen molar-refractivity contribution in [2.45, 2.75) is 38.5 Å². The second-order valence-electron chi connectivity index (χ2n) is 4.99. The van der Waals surface area contributed by atoms with E-state index in [1.54, 1.807) is 0 Å². The van der Waals surface area contributed by atoms with Crippen LogP contribution in [0.15, 0.2) is 12.3 Å². The zero-order chi connectivity index (χ0) is 12.5. The van der Waals surface area contributed by atoms with E-state index in [4.69, 9.17) is 10.00 Å². The maximum absolute atomic E-state index is 8.89. The molecule has 0 spiro atoms. The van der Waals surface area contributed by atoms with Crippen LogP contribution in [0.5, 0.6) is 0 Å². The smallest absolute Gasteiger partial charge is 0.120 e. The summed E-state index contributed by atoms with van der Waals surface area (Å²) < 4.78 is 7.44. The standard InChI is InChI=1S/C13H19N3O/c1-10-13(2,4-5-17-10)15-8-11-6-12(7-14)16(3)9-11/h6,9-10,15H,4-5,8H2,1-3H3. The number of nitrogens with one attached hydrogen (secondary N) is 1. The average molecular weight is 233 g/mol. The summed E-state index contributed by atoms with van der Waals surface area (Å²) >= 11 is 0. The maximum Gasteiger partial charge on any atom is 0.120 e. The Bertz CT molecular complexity index is 446. The number of nitriles is 1. The number of aromatic nitrogens is 1. The van der Waals surface area contributed by atoms with E-state index in [0.717, 1.165) is 25.1 Å². The first-order valence-corrected chi connectivity index (χ1v) is 5.97. The highest BCUT2D eigenvalue weighted by Crippen LogP contribution is 2.25. The van der Waals surface area contributed by atoms with Gasteiger partial charge >= 0.3 is 0 Å². The minimum atomic E-state index is 0.0443. The zero-order valence-electron chi connectivity index (χ0n) is 10.7. The summed E-state index contributed by atoms with van der Waals surface area (Å²) in [5, 5.41) is 12.4. The van der Waals surface area contributed by atoms with Crippen molar-refractivity contribution in [2.75, 3.05) is 6.61 Å². The molecule has 4 heteroatoms. The molecule has 1 saturated heterocycles. The molecule has 1 N–H and O–H groups in total. The molecule has 2 heterocycles. The second kappa shape index (κ2) is 4.52. The van der Waals surface area contributed by atoms with Gasteiger partial charge in [0.05, 0.1) is 6.10 Å². The summed E-state index contributed by atoms with van der Waals surface area (Å²) in [7, 11) is 1.89. The van der Waals surface area contributed by atoms with Crippen LogP contribution >= 0.6 is 0 Å². The van der Waals surface area contributed by atoms with Crippen LogP contribution in [0.4, 0.5) is 0 Å². The fourth-order valence-electron chi connectivity index (χ4n) is 2.21. The van der Waals surface area contributed by atoms with Gasteiger partial charge in [0.1, 0.15) is 11.8 Å². The van der Waals surface area contributed by atoms with E-state index < -0.39 is 0 Å². The minimum absolute atomic E-state index is 0.0443. The number of aryl methyl sites for hydroxylation is 1. The predicted molar refractivity (Wildman–Crippen MR) is 65.4 cm³/mol. The topological polar surface area (TPSA) is 50.0 Å². The third kappa shape index (κ3) is 2.36. The lowest BCUT2D eigenvalue weighted by molar-refractivity contribution is 0.0881. The molecule has 0 bridgehead atoms. The van der Waals surface area contributed by atoms with Crippen LogP contribution in [0, 0.1) is 11.3 Å². The van der Waals surface area contributed by atoms with Crippen molar-refractivity contribution >= 4 is 0 Å². The average Bonchev–Trinajstić information content (AvgIpc) is 2.81. The Balaban J connectivity index is 2.00. The lowest BCUT2D eigenvalue weighted by atomic mass is 9.94. The van der Waals surface area contributed by atoms with Crippen molar-refractivity contribution in [3.05, 3.63) is 23.5 Å². The predicted octanol–water partition coefficient (Wildman–Crippen LogP) is 1.55. The molecule has 0 aromatic carbocycles. The van der Waals surface area contributed by atoms with E-state index in [0.29, 0.717) is 5.69 Å². The summed E-state index contributed by atoms with van der Waals surface area (Å²) in [4.78, 5) is 0.